The maximum absolute atomic E-state index is 11.1. The number of carbonyl (C=O) groups is 1. The number of ether oxygens (including phenoxy) is 2. The van der Waals surface area contributed by atoms with Gasteiger partial charge in [0.05, 0.1) is 12.3 Å². The van der Waals surface area contributed by atoms with Crippen LogP contribution in [0.25, 0.3) is 0 Å². The third kappa shape index (κ3) is 3.16. The Morgan fingerprint density at radius 1 is 1.47 bits per heavy atom. The Balaban J connectivity index is 2.61. The van der Waals surface area contributed by atoms with Crippen LogP contribution in [-0.4, -0.2) is 19.2 Å². The maximum Gasteiger partial charge on any atom is 0.344 e. The number of aryl methyl sites for hydroxylation is 1. The normalized spacial score (nSPS) is 9.73. The molecule has 0 aliphatic heterocycles. The Hall–Kier alpha value is -1.71. The molecule has 0 bridgehead atoms. The molecule has 0 aliphatic rings. The van der Waals surface area contributed by atoms with Gasteiger partial charge in [-0.3, -0.25) is 0 Å². The Bertz CT molecular complexity index is 329. The Morgan fingerprint density at radius 3 is 2.80 bits per heavy atom. The van der Waals surface area contributed by atoms with Gasteiger partial charge in [0, 0.05) is 0 Å². The molecule has 1 rings (SSSR count). The van der Waals surface area contributed by atoms with E-state index in [1.165, 1.54) is 0 Å². The molecule has 82 valence electrons. The van der Waals surface area contributed by atoms with Crippen LogP contribution in [0.5, 0.6) is 5.75 Å². The molecule has 0 saturated carbocycles. The van der Waals surface area contributed by atoms with Gasteiger partial charge in [0.2, 0.25) is 0 Å². The fourth-order valence-corrected chi connectivity index (χ4v) is 1.21. The summed E-state index contributed by atoms with van der Waals surface area (Å²) >= 11 is 0. The van der Waals surface area contributed by atoms with Gasteiger partial charge in [-0.25, -0.2) is 4.79 Å². The van der Waals surface area contributed by atoms with Crippen LogP contribution in [0, 0.1) is 6.92 Å². The zero-order chi connectivity index (χ0) is 11.3. The molecule has 0 amide bonds. The quantitative estimate of drug-likeness (QED) is 0.603. The van der Waals surface area contributed by atoms with Gasteiger partial charge in [-0.1, -0.05) is 12.1 Å². The first kappa shape index (κ1) is 11.4. The van der Waals surface area contributed by atoms with E-state index in [4.69, 9.17) is 15.2 Å². The molecule has 4 heteroatoms. The van der Waals surface area contributed by atoms with Gasteiger partial charge in [-0.15, -0.1) is 0 Å². The van der Waals surface area contributed by atoms with Crippen molar-refractivity contribution in [2.75, 3.05) is 18.9 Å². The number of nitrogen functional groups attached to an aromatic ring is 1. The number of para-hydroxylation sites is 1. The molecule has 2 N–H and O–H groups in total. The molecule has 0 fully saturated rings. The van der Waals surface area contributed by atoms with E-state index in [0.717, 1.165) is 5.56 Å². The van der Waals surface area contributed by atoms with Crippen molar-refractivity contribution in [3.05, 3.63) is 23.8 Å². The minimum Gasteiger partial charge on any atom is -0.479 e. The van der Waals surface area contributed by atoms with Crippen LogP contribution >= 0.6 is 0 Å². The molecular formula is C11H15NO3. The van der Waals surface area contributed by atoms with E-state index >= 15 is 0 Å². The lowest BCUT2D eigenvalue weighted by Gasteiger charge is -2.10. The monoisotopic (exact) mass is 209 g/mol. The highest BCUT2D eigenvalue weighted by atomic mass is 16.6. The van der Waals surface area contributed by atoms with E-state index in [2.05, 4.69) is 0 Å². The first-order valence-corrected chi connectivity index (χ1v) is 4.78. The van der Waals surface area contributed by atoms with Crippen LogP contribution in [0.3, 0.4) is 0 Å². The number of benzene rings is 1. The Labute approximate surface area is 89.0 Å². The molecule has 0 saturated heterocycles. The first-order chi connectivity index (χ1) is 7.15. The molecular weight excluding hydrogens is 194 g/mol. The molecule has 0 atom stereocenters. The minimum absolute atomic E-state index is 0.108. The largest absolute Gasteiger partial charge is 0.479 e. The van der Waals surface area contributed by atoms with Crippen molar-refractivity contribution in [1.82, 2.24) is 0 Å². The second-order valence-corrected chi connectivity index (χ2v) is 3.09. The lowest BCUT2D eigenvalue weighted by Crippen LogP contribution is -2.15. The molecule has 15 heavy (non-hydrogen) atoms. The van der Waals surface area contributed by atoms with Crippen LogP contribution in [0.15, 0.2) is 18.2 Å². The number of hydrogen-bond acceptors (Lipinski definition) is 4. The number of esters is 1. The molecule has 1 aromatic rings. The van der Waals surface area contributed by atoms with Crippen LogP contribution in [0.4, 0.5) is 5.69 Å². The van der Waals surface area contributed by atoms with Crippen molar-refractivity contribution < 1.29 is 14.3 Å². The van der Waals surface area contributed by atoms with Gasteiger partial charge in [0.15, 0.2) is 6.61 Å². The summed E-state index contributed by atoms with van der Waals surface area (Å²) in [6.45, 7) is 3.87. The van der Waals surface area contributed by atoms with Gasteiger partial charge in [-0.2, -0.15) is 0 Å². The zero-order valence-electron chi connectivity index (χ0n) is 8.95. The van der Waals surface area contributed by atoms with Crippen LogP contribution in [-0.2, 0) is 9.53 Å². The minimum atomic E-state index is -0.389. The Morgan fingerprint density at radius 2 is 2.20 bits per heavy atom. The predicted molar refractivity (Wildman–Crippen MR) is 57.7 cm³/mol. The summed E-state index contributed by atoms with van der Waals surface area (Å²) in [7, 11) is 0. The number of nitrogens with two attached hydrogens (primary N) is 1. The highest BCUT2D eigenvalue weighted by Crippen LogP contribution is 2.25. The number of hydrogen-bond donors (Lipinski definition) is 1. The summed E-state index contributed by atoms with van der Waals surface area (Å²) < 4.78 is 10.0. The highest BCUT2D eigenvalue weighted by Gasteiger charge is 2.07. The molecule has 1 aromatic carbocycles. The zero-order valence-corrected chi connectivity index (χ0v) is 8.95. The van der Waals surface area contributed by atoms with E-state index in [0.29, 0.717) is 18.0 Å². The number of anilines is 1. The fraction of sp³-hybridized carbons (Fsp3) is 0.364. The first-order valence-electron chi connectivity index (χ1n) is 4.78. The van der Waals surface area contributed by atoms with Crippen molar-refractivity contribution in [1.29, 1.82) is 0 Å². The van der Waals surface area contributed by atoms with Gasteiger partial charge in [-0.05, 0) is 25.5 Å². The lowest BCUT2D eigenvalue weighted by molar-refractivity contribution is -0.145. The maximum atomic E-state index is 11.1. The second kappa shape index (κ2) is 5.24. The number of rotatable bonds is 4. The summed E-state index contributed by atoms with van der Waals surface area (Å²) in [5, 5.41) is 0. The fourth-order valence-electron chi connectivity index (χ4n) is 1.21. The summed E-state index contributed by atoms with van der Waals surface area (Å²) in [5.41, 5.74) is 7.13. The second-order valence-electron chi connectivity index (χ2n) is 3.09. The van der Waals surface area contributed by atoms with E-state index in [1.807, 2.05) is 19.1 Å². The van der Waals surface area contributed by atoms with Gasteiger partial charge in [0.1, 0.15) is 5.75 Å². The van der Waals surface area contributed by atoms with Gasteiger partial charge in [0.25, 0.3) is 0 Å². The summed E-state index contributed by atoms with van der Waals surface area (Å²) in [5.74, 6) is 0.158. The van der Waals surface area contributed by atoms with Crippen molar-refractivity contribution >= 4 is 11.7 Å². The van der Waals surface area contributed by atoms with Crippen LogP contribution in [0.2, 0.25) is 0 Å². The number of carbonyl (C=O) groups excluding carboxylic acids is 1. The van der Waals surface area contributed by atoms with Crippen molar-refractivity contribution in [3.8, 4) is 5.75 Å². The van der Waals surface area contributed by atoms with E-state index in [-0.39, 0.29) is 12.6 Å². The van der Waals surface area contributed by atoms with Crippen LogP contribution in [0.1, 0.15) is 12.5 Å². The molecule has 0 unspecified atom stereocenters. The summed E-state index contributed by atoms with van der Waals surface area (Å²) in [4.78, 5) is 11.1. The smallest absolute Gasteiger partial charge is 0.344 e. The summed E-state index contributed by atoms with van der Waals surface area (Å²) in [6.07, 6.45) is 0. The van der Waals surface area contributed by atoms with Crippen LogP contribution < -0.4 is 10.5 Å². The topological polar surface area (TPSA) is 61.5 Å². The van der Waals surface area contributed by atoms with Gasteiger partial charge >= 0.3 is 5.97 Å². The predicted octanol–water partition coefficient (Wildman–Crippen LogP) is 1.52. The van der Waals surface area contributed by atoms with E-state index in [9.17, 15) is 4.79 Å². The molecule has 0 heterocycles. The standard InChI is InChI=1S/C11H15NO3/c1-3-14-10(13)7-15-11-8(2)5-4-6-9(11)12/h4-6H,3,7,12H2,1-2H3. The molecule has 0 spiro atoms. The van der Waals surface area contributed by atoms with Crippen molar-refractivity contribution in [3.63, 3.8) is 0 Å². The van der Waals surface area contributed by atoms with E-state index < -0.39 is 0 Å². The molecule has 0 radical (unpaired) electrons. The van der Waals surface area contributed by atoms with E-state index in [1.54, 1.807) is 13.0 Å². The SMILES string of the molecule is CCOC(=O)COc1c(C)cccc1N. The highest BCUT2D eigenvalue weighted by molar-refractivity contribution is 5.71. The average molecular weight is 209 g/mol. The third-order valence-electron chi connectivity index (χ3n) is 1.88. The summed E-state index contributed by atoms with van der Waals surface area (Å²) in [6, 6.07) is 5.44. The molecule has 0 aliphatic carbocycles. The molecule has 4 nitrogen and oxygen atoms in total. The Kier molecular flexibility index (Phi) is 3.97. The lowest BCUT2D eigenvalue weighted by atomic mass is 10.2. The van der Waals surface area contributed by atoms with Crippen molar-refractivity contribution in [2.45, 2.75) is 13.8 Å². The van der Waals surface area contributed by atoms with Crippen molar-refractivity contribution in [2.24, 2.45) is 0 Å². The average Bonchev–Trinajstić information content (AvgIpc) is 2.17. The third-order valence-corrected chi connectivity index (χ3v) is 1.88. The van der Waals surface area contributed by atoms with Gasteiger partial charge < -0.3 is 15.2 Å². The molecule has 0 aromatic heterocycles.